The molecule has 0 aliphatic rings. The molecule has 1 unspecified atom stereocenters. The number of halogens is 1. The van der Waals surface area contributed by atoms with Crippen LogP contribution in [0.2, 0.25) is 0 Å². The van der Waals surface area contributed by atoms with Crippen molar-refractivity contribution in [3.8, 4) is 0 Å². The van der Waals surface area contributed by atoms with E-state index in [1.54, 1.807) is 6.92 Å². The number of aliphatic hydroxyl groups excluding tert-OH is 1. The first kappa shape index (κ1) is 10.7. The molecular formula is C12H13BrO2. The predicted octanol–water partition coefficient (Wildman–Crippen LogP) is 3.87. The van der Waals surface area contributed by atoms with Crippen LogP contribution < -0.4 is 0 Å². The third-order valence-corrected chi connectivity index (χ3v) is 3.84. The molecule has 0 fully saturated rings. The SMILES string of the molecule is Cc1cc2oc(C(C)O)cc2c(C)c1Br. The summed E-state index contributed by atoms with van der Waals surface area (Å²) in [5, 5.41) is 10.5. The monoisotopic (exact) mass is 268 g/mol. The summed E-state index contributed by atoms with van der Waals surface area (Å²) < 4.78 is 6.68. The molecule has 0 saturated carbocycles. The zero-order valence-electron chi connectivity index (χ0n) is 8.97. The summed E-state index contributed by atoms with van der Waals surface area (Å²) in [5.41, 5.74) is 3.14. The fourth-order valence-electron chi connectivity index (χ4n) is 1.70. The maximum absolute atomic E-state index is 9.45. The van der Waals surface area contributed by atoms with E-state index in [4.69, 9.17) is 4.42 Å². The first-order chi connectivity index (χ1) is 7.00. The molecule has 2 aromatic rings. The summed E-state index contributed by atoms with van der Waals surface area (Å²) in [6, 6.07) is 3.89. The number of aryl methyl sites for hydroxylation is 2. The summed E-state index contributed by atoms with van der Waals surface area (Å²) in [4.78, 5) is 0. The Morgan fingerprint density at radius 2 is 2.00 bits per heavy atom. The molecule has 15 heavy (non-hydrogen) atoms. The molecule has 0 amide bonds. The van der Waals surface area contributed by atoms with Gasteiger partial charge in [-0.05, 0) is 44.0 Å². The van der Waals surface area contributed by atoms with Crippen molar-refractivity contribution in [3.63, 3.8) is 0 Å². The van der Waals surface area contributed by atoms with Crippen LogP contribution in [0.15, 0.2) is 21.0 Å². The molecule has 0 spiro atoms. The van der Waals surface area contributed by atoms with Crippen molar-refractivity contribution in [3.05, 3.63) is 33.5 Å². The van der Waals surface area contributed by atoms with Crippen molar-refractivity contribution >= 4 is 26.9 Å². The highest BCUT2D eigenvalue weighted by Gasteiger charge is 2.12. The lowest BCUT2D eigenvalue weighted by molar-refractivity contribution is 0.172. The Bertz CT molecular complexity index is 512. The molecular weight excluding hydrogens is 256 g/mol. The minimum Gasteiger partial charge on any atom is -0.458 e. The van der Waals surface area contributed by atoms with E-state index in [9.17, 15) is 5.11 Å². The third kappa shape index (κ3) is 1.70. The molecule has 1 N–H and O–H groups in total. The van der Waals surface area contributed by atoms with Gasteiger partial charge in [-0.25, -0.2) is 0 Å². The molecule has 1 aromatic heterocycles. The Kier molecular flexibility index (Phi) is 2.61. The average Bonchev–Trinajstić information content (AvgIpc) is 2.58. The van der Waals surface area contributed by atoms with Crippen LogP contribution in [0.5, 0.6) is 0 Å². The first-order valence-electron chi connectivity index (χ1n) is 4.88. The van der Waals surface area contributed by atoms with Crippen LogP contribution in [-0.4, -0.2) is 5.11 Å². The Balaban J connectivity index is 2.76. The fourth-order valence-corrected chi connectivity index (χ4v) is 2.03. The van der Waals surface area contributed by atoms with Crippen LogP contribution in [0.1, 0.15) is 29.9 Å². The van der Waals surface area contributed by atoms with Crippen molar-refractivity contribution < 1.29 is 9.52 Å². The van der Waals surface area contributed by atoms with E-state index < -0.39 is 6.10 Å². The van der Waals surface area contributed by atoms with Crippen molar-refractivity contribution in [2.24, 2.45) is 0 Å². The molecule has 2 nitrogen and oxygen atoms in total. The van der Waals surface area contributed by atoms with Crippen LogP contribution in [0, 0.1) is 13.8 Å². The third-order valence-electron chi connectivity index (χ3n) is 2.62. The van der Waals surface area contributed by atoms with Gasteiger partial charge in [-0.1, -0.05) is 15.9 Å². The Labute approximate surface area is 97.0 Å². The van der Waals surface area contributed by atoms with Crippen LogP contribution in [0.4, 0.5) is 0 Å². The standard InChI is InChI=1S/C12H13BrO2/c1-6-4-11-9(7(2)12(6)13)5-10(15-11)8(3)14/h4-5,8,14H,1-3H3. The van der Waals surface area contributed by atoms with Gasteiger partial charge < -0.3 is 9.52 Å². The lowest BCUT2D eigenvalue weighted by Gasteiger charge is -2.02. The smallest absolute Gasteiger partial charge is 0.135 e. The molecule has 80 valence electrons. The van der Waals surface area contributed by atoms with Crippen molar-refractivity contribution in [2.45, 2.75) is 26.9 Å². The zero-order valence-corrected chi connectivity index (χ0v) is 10.6. The van der Waals surface area contributed by atoms with E-state index in [0.717, 1.165) is 26.6 Å². The number of hydrogen-bond acceptors (Lipinski definition) is 2. The highest BCUT2D eigenvalue weighted by atomic mass is 79.9. The normalized spacial score (nSPS) is 13.4. The van der Waals surface area contributed by atoms with Crippen molar-refractivity contribution in [2.75, 3.05) is 0 Å². The zero-order chi connectivity index (χ0) is 11.2. The predicted molar refractivity (Wildman–Crippen MR) is 64.0 cm³/mol. The van der Waals surface area contributed by atoms with E-state index in [-0.39, 0.29) is 0 Å². The molecule has 0 radical (unpaired) electrons. The van der Waals surface area contributed by atoms with Gasteiger partial charge in [0.15, 0.2) is 0 Å². The van der Waals surface area contributed by atoms with E-state index in [2.05, 4.69) is 15.9 Å². The molecule has 0 saturated heterocycles. The molecule has 1 aromatic carbocycles. The number of furan rings is 1. The molecule has 2 rings (SSSR count). The van der Waals surface area contributed by atoms with Gasteiger partial charge in [0, 0.05) is 9.86 Å². The van der Waals surface area contributed by atoms with Gasteiger partial charge in [-0.3, -0.25) is 0 Å². The molecule has 0 bridgehead atoms. The van der Waals surface area contributed by atoms with Crippen LogP contribution in [0.3, 0.4) is 0 Å². The molecule has 3 heteroatoms. The number of hydrogen-bond donors (Lipinski definition) is 1. The maximum atomic E-state index is 9.45. The lowest BCUT2D eigenvalue weighted by Crippen LogP contribution is -1.85. The van der Waals surface area contributed by atoms with Crippen molar-refractivity contribution in [1.29, 1.82) is 0 Å². The Morgan fingerprint density at radius 1 is 1.33 bits per heavy atom. The fraction of sp³-hybridized carbons (Fsp3) is 0.333. The maximum Gasteiger partial charge on any atom is 0.135 e. The minimum atomic E-state index is -0.559. The first-order valence-corrected chi connectivity index (χ1v) is 5.67. The number of benzene rings is 1. The number of rotatable bonds is 1. The van der Waals surface area contributed by atoms with Gasteiger partial charge >= 0.3 is 0 Å². The highest BCUT2D eigenvalue weighted by molar-refractivity contribution is 9.10. The number of fused-ring (bicyclic) bond motifs is 1. The molecule has 1 atom stereocenters. The van der Waals surface area contributed by atoms with Gasteiger partial charge in [0.1, 0.15) is 17.4 Å². The molecule has 0 aliphatic heterocycles. The van der Waals surface area contributed by atoms with Gasteiger partial charge in [0.05, 0.1) is 0 Å². The highest BCUT2D eigenvalue weighted by Crippen LogP contribution is 2.32. The second kappa shape index (κ2) is 3.65. The topological polar surface area (TPSA) is 33.4 Å². The Hall–Kier alpha value is -0.800. The van der Waals surface area contributed by atoms with Crippen molar-refractivity contribution in [1.82, 2.24) is 0 Å². The Morgan fingerprint density at radius 3 is 2.60 bits per heavy atom. The summed E-state index contributed by atoms with van der Waals surface area (Å²) in [6.07, 6.45) is -0.559. The summed E-state index contributed by atoms with van der Waals surface area (Å²) >= 11 is 3.54. The van der Waals surface area contributed by atoms with Crippen LogP contribution in [-0.2, 0) is 0 Å². The molecule has 0 aliphatic carbocycles. The second-order valence-electron chi connectivity index (χ2n) is 3.87. The largest absolute Gasteiger partial charge is 0.458 e. The van der Waals surface area contributed by atoms with E-state index >= 15 is 0 Å². The van der Waals surface area contributed by atoms with E-state index in [1.807, 2.05) is 26.0 Å². The van der Waals surface area contributed by atoms with Gasteiger partial charge in [0.25, 0.3) is 0 Å². The van der Waals surface area contributed by atoms with Gasteiger partial charge in [-0.2, -0.15) is 0 Å². The quantitative estimate of drug-likeness (QED) is 0.852. The minimum absolute atomic E-state index is 0.559. The number of aliphatic hydroxyl groups is 1. The van der Waals surface area contributed by atoms with Gasteiger partial charge in [0.2, 0.25) is 0 Å². The molecule has 1 heterocycles. The van der Waals surface area contributed by atoms with Crippen LogP contribution in [0.25, 0.3) is 11.0 Å². The van der Waals surface area contributed by atoms with Gasteiger partial charge in [-0.15, -0.1) is 0 Å². The van der Waals surface area contributed by atoms with Crippen LogP contribution >= 0.6 is 15.9 Å². The lowest BCUT2D eigenvalue weighted by atomic mass is 10.1. The van der Waals surface area contributed by atoms with E-state index in [1.165, 1.54) is 0 Å². The summed E-state index contributed by atoms with van der Waals surface area (Å²) in [6.45, 7) is 5.77. The summed E-state index contributed by atoms with van der Waals surface area (Å²) in [7, 11) is 0. The second-order valence-corrected chi connectivity index (χ2v) is 4.66. The summed E-state index contributed by atoms with van der Waals surface area (Å²) in [5.74, 6) is 0.616. The van der Waals surface area contributed by atoms with E-state index in [0.29, 0.717) is 5.76 Å². The average molecular weight is 269 g/mol.